The highest BCUT2D eigenvalue weighted by molar-refractivity contribution is 7.89. The molecule has 6 nitrogen and oxygen atoms in total. The fourth-order valence-corrected chi connectivity index (χ4v) is 6.26. The van der Waals surface area contributed by atoms with Crippen LogP contribution in [-0.4, -0.2) is 41.2 Å². The van der Waals surface area contributed by atoms with Gasteiger partial charge in [0.05, 0.1) is 28.8 Å². The van der Waals surface area contributed by atoms with Gasteiger partial charge in [0.2, 0.25) is 10.0 Å². The lowest BCUT2D eigenvalue weighted by Crippen LogP contribution is -2.46. The molecule has 2 fully saturated rings. The Kier molecular flexibility index (Phi) is 4.71. The van der Waals surface area contributed by atoms with Crippen molar-refractivity contribution < 1.29 is 13.2 Å². The van der Waals surface area contributed by atoms with E-state index < -0.39 is 10.0 Å². The molecule has 2 unspecified atom stereocenters. The predicted molar refractivity (Wildman–Crippen MR) is 99.0 cm³/mol. The van der Waals surface area contributed by atoms with Crippen LogP contribution in [-0.2, 0) is 10.0 Å². The molecule has 0 N–H and O–H groups in total. The Labute approximate surface area is 158 Å². The molecule has 0 saturated carbocycles. The maximum Gasteiger partial charge on any atom is 0.243 e. The van der Waals surface area contributed by atoms with Crippen LogP contribution in [0.15, 0.2) is 41.6 Å². The number of halogens is 1. The van der Waals surface area contributed by atoms with E-state index in [1.807, 2.05) is 17.8 Å². The summed E-state index contributed by atoms with van der Waals surface area (Å²) < 4.78 is 35.4. The van der Waals surface area contributed by atoms with E-state index in [0.29, 0.717) is 22.3 Å². The molecule has 0 aliphatic carbocycles. The molecule has 2 saturated heterocycles. The molecule has 0 radical (unpaired) electrons. The van der Waals surface area contributed by atoms with Crippen LogP contribution in [0, 0.1) is 0 Å². The van der Waals surface area contributed by atoms with E-state index in [1.165, 1.54) is 0 Å². The van der Waals surface area contributed by atoms with Gasteiger partial charge in [-0.15, -0.1) is 0 Å². The minimum atomic E-state index is -3.51. The molecule has 0 spiro atoms. The fraction of sp³-hybridized carbons (Fsp3) is 0.500. The van der Waals surface area contributed by atoms with Gasteiger partial charge in [-0.1, -0.05) is 11.6 Å². The van der Waals surface area contributed by atoms with Gasteiger partial charge in [0, 0.05) is 18.3 Å². The van der Waals surface area contributed by atoms with E-state index in [1.54, 1.807) is 34.8 Å². The first-order valence-electron chi connectivity index (χ1n) is 8.95. The van der Waals surface area contributed by atoms with Crippen molar-refractivity contribution in [2.45, 2.75) is 55.6 Å². The van der Waals surface area contributed by atoms with Crippen LogP contribution in [0.5, 0.6) is 5.75 Å². The summed E-state index contributed by atoms with van der Waals surface area (Å²) in [7, 11) is -3.51. The van der Waals surface area contributed by atoms with Crippen molar-refractivity contribution in [2.75, 3.05) is 6.61 Å². The van der Waals surface area contributed by atoms with Crippen LogP contribution in [0.2, 0.25) is 5.02 Å². The molecule has 26 heavy (non-hydrogen) atoms. The van der Waals surface area contributed by atoms with Gasteiger partial charge in [-0.2, -0.15) is 9.40 Å². The smallest absolute Gasteiger partial charge is 0.243 e. The molecule has 2 bridgehead atoms. The second kappa shape index (κ2) is 6.87. The molecule has 140 valence electrons. The van der Waals surface area contributed by atoms with Crippen molar-refractivity contribution in [1.29, 1.82) is 0 Å². The Bertz CT molecular complexity index is 867. The van der Waals surface area contributed by atoms with Crippen LogP contribution in [0.4, 0.5) is 0 Å². The highest BCUT2D eigenvalue weighted by Gasteiger charge is 2.47. The van der Waals surface area contributed by atoms with Crippen molar-refractivity contribution in [3.63, 3.8) is 0 Å². The zero-order valence-electron chi connectivity index (χ0n) is 14.6. The molecule has 3 heterocycles. The molecule has 8 heteroatoms. The second-order valence-electron chi connectivity index (χ2n) is 6.89. The zero-order valence-corrected chi connectivity index (χ0v) is 16.2. The molecule has 0 amide bonds. The molecular weight excluding hydrogens is 374 g/mol. The SMILES string of the molecule is CCOc1ccc(S(=O)(=O)N2C3CCC2CC(n2cc(Cl)cn2)C3)cc1. The van der Waals surface area contributed by atoms with E-state index in [2.05, 4.69) is 5.10 Å². The Morgan fingerprint density at radius 1 is 1.15 bits per heavy atom. The number of benzene rings is 1. The number of aromatic nitrogens is 2. The van der Waals surface area contributed by atoms with E-state index in [9.17, 15) is 8.42 Å². The lowest BCUT2D eigenvalue weighted by atomic mass is 10.00. The Hall–Kier alpha value is -1.57. The van der Waals surface area contributed by atoms with Crippen LogP contribution >= 0.6 is 11.6 Å². The Balaban J connectivity index is 1.56. The number of sulfonamides is 1. The summed E-state index contributed by atoms with van der Waals surface area (Å²) in [5.41, 5.74) is 0. The maximum absolute atomic E-state index is 13.2. The molecule has 1 aromatic carbocycles. The van der Waals surface area contributed by atoms with Crippen LogP contribution < -0.4 is 4.74 Å². The fourth-order valence-electron chi connectivity index (χ4n) is 4.22. The van der Waals surface area contributed by atoms with Gasteiger partial charge in [-0.25, -0.2) is 8.42 Å². The first-order chi connectivity index (χ1) is 12.5. The van der Waals surface area contributed by atoms with Crippen molar-refractivity contribution in [2.24, 2.45) is 0 Å². The first-order valence-corrected chi connectivity index (χ1v) is 10.8. The summed E-state index contributed by atoms with van der Waals surface area (Å²) in [6, 6.07) is 6.94. The quantitative estimate of drug-likeness (QED) is 0.777. The highest BCUT2D eigenvalue weighted by atomic mass is 35.5. The van der Waals surface area contributed by atoms with Crippen molar-refractivity contribution in [1.82, 2.24) is 14.1 Å². The number of hydrogen-bond acceptors (Lipinski definition) is 4. The number of nitrogens with zero attached hydrogens (tertiary/aromatic N) is 3. The topological polar surface area (TPSA) is 64.4 Å². The van der Waals surface area contributed by atoms with Gasteiger partial charge in [-0.05, 0) is 56.9 Å². The summed E-state index contributed by atoms with van der Waals surface area (Å²) in [5, 5.41) is 4.92. The second-order valence-corrected chi connectivity index (χ2v) is 9.17. The molecule has 2 aliphatic heterocycles. The average Bonchev–Trinajstić information content (AvgIpc) is 3.17. The molecule has 1 aromatic heterocycles. The Morgan fingerprint density at radius 2 is 1.81 bits per heavy atom. The molecule has 2 aliphatic rings. The van der Waals surface area contributed by atoms with Crippen LogP contribution in [0.25, 0.3) is 0 Å². The summed E-state index contributed by atoms with van der Waals surface area (Å²) in [5.74, 6) is 0.684. The highest BCUT2D eigenvalue weighted by Crippen LogP contribution is 2.43. The van der Waals surface area contributed by atoms with Gasteiger partial charge in [-0.3, -0.25) is 4.68 Å². The standard InChI is InChI=1S/C18H22ClN3O3S/c1-2-25-17-5-7-18(8-6-17)26(23,24)22-14-3-4-15(22)10-16(9-14)21-12-13(19)11-20-21/h5-8,11-12,14-16H,2-4,9-10H2,1H3. The maximum atomic E-state index is 13.2. The minimum absolute atomic E-state index is 0.0123. The number of piperidine rings is 1. The van der Waals surface area contributed by atoms with Gasteiger partial charge >= 0.3 is 0 Å². The Morgan fingerprint density at radius 3 is 2.35 bits per heavy atom. The first kappa shape index (κ1) is 17.8. The predicted octanol–water partition coefficient (Wildman–Crippen LogP) is 3.49. The van der Waals surface area contributed by atoms with Crippen molar-refractivity contribution in [3.8, 4) is 5.75 Å². The zero-order chi connectivity index (χ0) is 18.3. The molecule has 2 atom stereocenters. The molecule has 4 rings (SSSR count). The number of ether oxygens (including phenoxy) is 1. The van der Waals surface area contributed by atoms with Crippen LogP contribution in [0.1, 0.15) is 38.6 Å². The van der Waals surface area contributed by atoms with Crippen LogP contribution in [0.3, 0.4) is 0 Å². The summed E-state index contributed by atoms with van der Waals surface area (Å²) in [4.78, 5) is 0.332. The van der Waals surface area contributed by atoms with E-state index in [4.69, 9.17) is 16.3 Å². The normalized spacial score (nSPS) is 26.2. The monoisotopic (exact) mass is 395 g/mol. The third-order valence-corrected chi connectivity index (χ3v) is 7.51. The lowest BCUT2D eigenvalue weighted by Gasteiger charge is -2.37. The third kappa shape index (κ3) is 3.12. The van der Waals surface area contributed by atoms with Gasteiger partial charge in [0.25, 0.3) is 0 Å². The number of hydrogen-bond donors (Lipinski definition) is 0. The lowest BCUT2D eigenvalue weighted by molar-refractivity contribution is 0.185. The molecule has 2 aromatic rings. The van der Waals surface area contributed by atoms with E-state index in [0.717, 1.165) is 25.7 Å². The number of fused-ring (bicyclic) bond motifs is 2. The number of rotatable bonds is 5. The van der Waals surface area contributed by atoms with Gasteiger partial charge in [0.15, 0.2) is 0 Å². The van der Waals surface area contributed by atoms with Gasteiger partial charge < -0.3 is 4.74 Å². The average molecular weight is 396 g/mol. The van der Waals surface area contributed by atoms with Crippen molar-refractivity contribution in [3.05, 3.63) is 41.7 Å². The summed E-state index contributed by atoms with van der Waals surface area (Å²) in [6.07, 6.45) is 6.78. The third-order valence-electron chi connectivity index (χ3n) is 5.30. The minimum Gasteiger partial charge on any atom is -0.494 e. The van der Waals surface area contributed by atoms with Crippen molar-refractivity contribution >= 4 is 21.6 Å². The van der Waals surface area contributed by atoms with Gasteiger partial charge in [0.1, 0.15) is 5.75 Å². The van der Waals surface area contributed by atoms with E-state index in [-0.39, 0.29) is 18.1 Å². The largest absolute Gasteiger partial charge is 0.494 e. The summed E-state index contributed by atoms with van der Waals surface area (Å²) >= 11 is 5.98. The molecular formula is C18H22ClN3O3S. The van der Waals surface area contributed by atoms with E-state index >= 15 is 0 Å². The summed E-state index contributed by atoms with van der Waals surface area (Å²) in [6.45, 7) is 2.46.